The van der Waals surface area contributed by atoms with Crippen LogP contribution in [0, 0.1) is 13.8 Å². The average molecular weight is 436 g/mol. The van der Waals surface area contributed by atoms with Crippen molar-refractivity contribution in [3.05, 3.63) is 34.9 Å². The summed E-state index contributed by atoms with van der Waals surface area (Å²) in [5, 5.41) is 15.1. The third kappa shape index (κ3) is 7.86. The Hall–Kier alpha value is -2.61. The van der Waals surface area contributed by atoms with E-state index in [1.54, 1.807) is 20.8 Å². The Morgan fingerprint density at radius 1 is 1.06 bits per heavy atom. The minimum Gasteiger partial charge on any atom is -0.444 e. The number of carbonyl (C=O) groups is 3. The number of nitrogens with one attached hydrogen (secondary N) is 2. The Balaban J connectivity index is 3.34. The summed E-state index contributed by atoms with van der Waals surface area (Å²) >= 11 is 0. The summed E-state index contributed by atoms with van der Waals surface area (Å²) in [5.74, 6) is -0.842. The largest absolute Gasteiger partial charge is 0.444 e. The van der Waals surface area contributed by atoms with Crippen molar-refractivity contribution in [2.45, 2.75) is 79.1 Å². The summed E-state index contributed by atoms with van der Waals surface area (Å²) in [6.07, 6.45) is -0.729. The van der Waals surface area contributed by atoms with E-state index < -0.39 is 29.7 Å². The first-order valence-corrected chi connectivity index (χ1v) is 10.6. The van der Waals surface area contributed by atoms with Crippen molar-refractivity contribution in [3.8, 4) is 0 Å². The molecule has 0 heterocycles. The molecular weight excluding hydrogens is 398 g/mol. The van der Waals surface area contributed by atoms with E-state index in [1.807, 2.05) is 45.9 Å². The Labute approximate surface area is 185 Å². The molecule has 2 atom stereocenters. The van der Waals surface area contributed by atoms with Gasteiger partial charge >= 0.3 is 6.09 Å². The molecule has 1 aromatic carbocycles. The fraction of sp³-hybridized carbons (Fsp3) is 0.609. The summed E-state index contributed by atoms with van der Waals surface area (Å²) in [5.41, 5.74) is 1.70. The summed E-state index contributed by atoms with van der Waals surface area (Å²) in [7, 11) is 0. The van der Waals surface area contributed by atoms with Crippen LogP contribution in [0.25, 0.3) is 0 Å². The van der Waals surface area contributed by atoms with Gasteiger partial charge in [0.2, 0.25) is 11.8 Å². The van der Waals surface area contributed by atoms with Crippen molar-refractivity contribution in [2.75, 3.05) is 13.2 Å². The van der Waals surface area contributed by atoms with Crippen molar-refractivity contribution in [2.24, 2.45) is 0 Å². The summed E-state index contributed by atoms with van der Waals surface area (Å²) in [6.45, 7) is 13.7. The molecule has 8 nitrogen and oxygen atoms in total. The van der Waals surface area contributed by atoms with E-state index in [9.17, 15) is 19.5 Å². The highest BCUT2D eigenvalue weighted by Crippen LogP contribution is 2.28. The molecule has 174 valence electrons. The minimum atomic E-state index is -0.958. The molecule has 0 radical (unpaired) electrons. The maximum absolute atomic E-state index is 13.3. The van der Waals surface area contributed by atoms with E-state index in [0.717, 1.165) is 11.1 Å². The number of benzene rings is 1. The number of ether oxygens (including phenoxy) is 1. The number of aliphatic hydroxyl groups is 1. The number of hydrogen-bond donors (Lipinski definition) is 3. The van der Waals surface area contributed by atoms with Crippen LogP contribution in [0.3, 0.4) is 0 Å². The second kappa shape index (κ2) is 11.1. The van der Waals surface area contributed by atoms with Gasteiger partial charge in [-0.2, -0.15) is 0 Å². The molecule has 3 N–H and O–H groups in total. The molecule has 0 saturated heterocycles. The molecule has 0 fully saturated rings. The van der Waals surface area contributed by atoms with Crippen LogP contribution in [0.15, 0.2) is 18.2 Å². The lowest BCUT2D eigenvalue weighted by atomic mass is 9.93. The van der Waals surface area contributed by atoms with E-state index in [0.29, 0.717) is 5.56 Å². The van der Waals surface area contributed by atoms with Gasteiger partial charge in [-0.25, -0.2) is 4.79 Å². The number of rotatable bonds is 8. The lowest BCUT2D eigenvalue weighted by molar-refractivity contribution is -0.143. The first-order chi connectivity index (χ1) is 14.3. The predicted molar refractivity (Wildman–Crippen MR) is 120 cm³/mol. The van der Waals surface area contributed by atoms with Gasteiger partial charge in [0.1, 0.15) is 17.7 Å². The van der Waals surface area contributed by atoms with Crippen molar-refractivity contribution >= 4 is 17.9 Å². The molecule has 0 spiro atoms. The molecule has 0 aliphatic heterocycles. The van der Waals surface area contributed by atoms with Crippen molar-refractivity contribution in [1.82, 2.24) is 15.5 Å². The third-order valence-corrected chi connectivity index (χ3v) is 4.53. The Morgan fingerprint density at radius 3 is 2.06 bits per heavy atom. The van der Waals surface area contributed by atoms with Crippen LogP contribution >= 0.6 is 0 Å². The number of carbonyl (C=O) groups excluding carboxylic acids is 3. The smallest absolute Gasteiger partial charge is 0.408 e. The van der Waals surface area contributed by atoms with Crippen LogP contribution in [0.5, 0.6) is 0 Å². The maximum Gasteiger partial charge on any atom is 0.408 e. The van der Waals surface area contributed by atoms with E-state index in [2.05, 4.69) is 10.6 Å². The van der Waals surface area contributed by atoms with Gasteiger partial charge in [-0.05, 0) is 72.1 Å². The normalized spacial score (nSPS) is 13.4. The predicted octanol–water partition coefficient (Wildman–Crippen LogP) is 2.60. The number of alkyl carbamates (subject to hydrolysis) is 1. The molecule has 8 heteroatoms. The van der Waals surface area contributed by atoms with Crippen LogP contribution in [0.1, 0.15) is 64.3 Å². The van der Waals surface area contributed by atoms with E-state index in [-0.39, 0.29) is 25.1 Å². The molecule has 1 aromatic rings. The Kier molecular flexibility index (Phi) is 9.49. The van der Waals surface area contributed by atoms with Crippen LogP contribution in [-0.4, -0.2) is 58.8 Å². The first-order valence-electron chi connectivity index (χ1n) is 10.6. The zero-order valence-electron chi connectivity index (χ0n) is 19.9. The lowest BCUT2D eigenvalue weighted by Crippen LogP contribution is -2.53. The SMILES string of the molecule is Cc1cccc(C)c1C(C(=O)NC(C)C)N(CCO)C(=O)C(C)NC(=O)OC(C)(C)C. The lowest BCUT2D eigenvalue weighted by Gasteiger charge is -2.35. The number of nitrogens with zero attached hydrogens (tertiary/aromatic N) is 1. The van der Waals surface area contributed by atoms with Crippen molar-refractivity contribution in [1.29, 1.82) is 0 Å². The fourth-order valence-electron chi connectivity index (χ4n) is 3.32. The van der Waals surface area contributed by atoms with E-state index >= 15 is 0 Å². The highest BCUT2D eigenvalue weighted by atomic mass is 16.6. The molecule has 1 rings (SSSR count). The van der Waals surface area contributed by atoms with Gasteiger partial charge in [-0.1, -0.05) is 18.2 Å². The molecule has 0 aliphatic carbocycles. The number of aryl methyl sites for hydroxylation is 2. The van der Waals surface area contributed by atoms with Gasteiger partial charge in [0, 0.05) is 12.6 Å². The van der Waals surface area contributed by atoms with Crippen LogP contribution in [0.4, 0.5) is 4.79 Å². The molecule has 2 unspecified atom stereocenters. The van der Waals surface area contributed by atoms with Crippen LogP contribution in [0.2, 0.25) is 0 Å². The molecule has 0 bridgehead atoms. The second-order valence-electron chi connectivity index (χ2n) is 8.99. The zero-order chi connectivity index (χ0) is 23.9. The maximum atomic E-state index is 13.3. The Bertz CT molecular complexity index is 766. The highest BCUT2D eigenvalue weighted by Gasteiger charge is 2.36. The third-order valence-electron chi connectivity index (χ3n) is 4.53. The number of hydrogen-bond acceptors (Lipinski definition) is 5. The molecule has 0 saturated carbocycles. The average Bonchev–Trinajstić information content (AvgIpc) is 2.60. The Morgan fingerprint density at radius 2 is 1.61 bits per heavy atom. The van der Waals surface area contributed by atoms with Gasteiger partial charge in [0.25, 0.3) is 0 Å². The van der Waals surface area contributed by atoms with Gasteiger partial charge in [-0.15, -0.1) is 0 Å². The number of aliphatic hydroxyl groups excluding tert-OH is 1. The molecule has 0 aliphatic rings. The highest BCUT2D eigenvalue weighted by molar-refractivity contribution is 5.92. The van der Waals surface area contributed by atoms with Crippen molar-refractivity contribution < 1.29 is 24.2 Å². The molecule has 0 aromatic heterocycles. The van der Waals surface area contributed by atoms with Crippen molar-refractivity contribution in [3.63, 3.8) is 0 Å². The summed E-state index contributed by atoms with van der Waals surface area (Å²) in [6, 6.07) is 3.59. The van der Waals surface area contributed by atoms with E-state index in [4.69, 9.17) is 4.74 Å². The topological polar surface area (TPSA) is 108 Å². The van der Waals surface area contributed by atoms with Crippen LogP contribution in [-0.2, 0) is 14.3 Å². The van der Waals surface area contributed by atoms with Gasteiger partial charge < -0.3 is 25.4 Å². The van der Waals surface area contributed by atoms with Gasteiger partial charge in [0.05, 0.1) is 6.61 Å². The zero-order valence-corrected chi connectivity index (χ0v) is 19.9. The fourth-order valence-corrected chi connectivity index (χ4v) is 3.32. The van der Waals surface area contributed by atoms with E-state index in [1.165, 1.54) is 11.8 Å². The standard InChI is InChI=1S/C23H37N3O5/c1-14(2)24-20(28)19(18-15(3)10-9-11-16(18)4)26(12-13-27)21(29)17(5)25-22(30)31-23(6,7)8/h9-11,14,17,19,27H,12-13H2,1-8H3,(H,24,28)(H,25,30). The van der Waals surface area contributed by atoms with Crippen LogP contribution < -0.4 is 10.6 Å². The molecule has 31 heavy (non-hydrogen) atoms. The summed E-state index contributed by atoms with van der Waals surface area (Å²) in [4.78, 5) is 40.0. The quantitative estimate of drug-likeness (QED) is 0.582. The second-order valence-corrected chi connectivity index (χ2v) is 8.99. The van der Waals surface area contributed by atoms with Gasteiger partial charge in [-0.3, -0.25) is 9.59 Å². The molecular formula is C23H37N3O5. The molecule has 3 amide bonds. The summed E-state index contributed by atoms with van der Waals surface area (Å²) < 4.78 is 5.23. The minimum absolute atomic E-state index is 0.0663. The van der Waals surface area contributed by atoms with Gasteiger partial charge in [0.15, 0.2) is 0 Å². The monoisotopic (exact) mass is 435 g/mol. The first kappa shape index (κ1) is 26.4. The number of amides is 3.